The van der Waals surface area contributed by atoms with Crippen LogP contribution in [0, 0.1) is 20.8 Å². The molecule has 0 saturated heterocycles. The maximum Gasteiger partial charge on any atom is 0.306 e. The van der Waals surface area contributed by atoms with Gasteiger partial charge < -0.3 is 9.47 Å². The van der Waals surface area contributed by atoms with E-state index in [4.69, 9.17) is 9.47 Å². The minimum Gasteiger partial charge on any atom is -0.496 e. The number of aryl methyl sites for hydroxylation is 3. The number of esters is 1. The lowest BCUT2D eigenvalue weighted by molar-refractivity contribution is -0.144. The molecule has 0 aliphatic heterocycles. The topological polar surface area (TPSA) is 70.4 Å². The van der Waals surface area contributed by atoms with Gasteiger partial charge in [0, 0.05) is 12.1 Å². The van der Waals surface area contributed by atoms with Crippen LogP contribution in [0.25, 0.3) is 5.69 Å². The number of carbonyl (C=O) groups is 2. The molecule has 0 aliphatic carbocycles. The number of nitrogens with zero attached hydrogens (tertiary/aromatic N) is 2. The monoisotopic (exact) mass is 406 g/mol. The molecule has 6 nitrogen and oxygen atoms in total. The number of aromatic nitrogens is 2. The van der Waals surface area contributed by atoms with Crippen molar-refractivity contribution in [3.05, 3.63) is 76.6 Å². The van der Waals surface area contributed by atoms with E-state index in [2.05, 4.69) is 5.10 Å². The van der Waals surface area contributed by atoms with Gasteiger partial charge in [0.25, 0.3) is 0 Å². The van der Waals surface area contributed by atoms with Crippen LogP contribution in [-0.4, -0.2) is 28.6 Å². The van der Waals surface area contributed by atoms with Crippen LogP contribution >= 0.6 is 0 Å². The van der Waals surface area contributed by atoms with Crippen LogP contribution in [0.5, 0.6) is 5.75 Å². The molecule has 0 aliphatic rings. The van der Waals surface area contributed by atoms with Gasteiger partial charge >= 0.3 is 5.97 Å². The van der Waals surface area contributed by atoms with Gasteiger partial charge in [-0.3, -0.25) is 9.59 Å². The van der Waals surface area contributed by atoms with Gasteiger partial charge in [-0.1, -0.05) is 23.8 Å². The summed E-state index contributed by atoms with van der Waals surface area (Å²) in [6, 6.07) is 15.1. The number of hydrogen-bond donors (Lipinski definition) is 0. The first-order valence-corrected chi connectivity index (χ1v) is 9.83. The van der Waals surface area contributed by atoms with Crippen molar-refractivity contribution in [3.63, 3.8) is 0 Å². The van der Waals surface area contributed by atoms with E-state index >= 15 is 0 Å². The SMILES string of the molecule is COc1ccc(C)cc1C(=O)CCC(=O)OCc1ccc(-n2nc(C)cc2C)cc1. The van der Waals surface area contributed by atoms with E-state index in [1.165, 1.54) is 7.11 Å². The first kappa shape index (κ1) is 21.3. The molecule has 2 aromatic carbocycles. The lowest BCUT2D eigenvalue weighted by Crippen LogP contribution is -2.09. The molecule has 0 N–H and O–H groups in total. The standard InChI is InChI=1S/C24H26N2O4/c1-16-5-11-23(29-4)21(13-16)22(27)10-12-24(28)30-15-19-6-8-20(9-7-19)26-18(3)14-17(2)25-26/h5-9,11,13-14H,10,12,15H2,1-4H3. The highest BCUT2D eigenvalue weighted by atomic mass is 16.5. The Morgan fingerprint density at radius 3 is 2.33 bits per heavy atom. The average molecular weight is 406 g/mol. The quantitative estimate of drug-likeness (QED) is 0.407. The highest BCUT2D eigenvalue weighted by Crippen LogP contribution is 2.22. The molecule has 0 unspecified atom stereocenters. The van der Waals surface area contributed by atoms with Crippen LogP contribution in [0.15, 0.2) is 48.5 Å². The number of ether oxygens (including phenoxy) is 2. The Hall–Kier alpha value is -3.41. The summed E-state index contributed by atoms with van der Waals surface area (Å²) in [6.45, 7) is 6.03. The van der Waals surface area contributed by atoms with E-state index < -0.39 is 5.97 Å². The van der Waals surface area contributed by atoms with Crippen molar-refractivity contribution in [2.45, 2.75) is 40.2 Å². The van der Waals surface area contributed by atoms with Crippen LogP contribution in [0.1, 0.15) is 45.7 Å². The van der Waals surface area contributed by atoms with Crippen LogP contribution in [-0.2, 0) is 16.1 Å². The van der Waals surface area contributed by atoms with Gasteiger partial charge in [-0.05, 0) is 56.7 Å². The zero-order valence-corrected chi connectivity index (χ0v) is 17.8. The molecule has 3 rings (SSSR count). The molecule has 1 heterocycles. The molecule has 6 heteroatoms. The van der Waals surface area contributed by atoms with Crippen LogP contribution in [0.3, 0.4) is 0 Å². The molecule has 30 heavy (non-hydrogen) atoms. The summed E-state index contributed by atoms with van der Waals surface area (Å²) in [5, 5.41) is 4.46. The van der Waals surface area contributed by atoms with Gasteiger partial charge in [-0.25, -0.2) is 4.68 Å². The molecule has 3 aromatic rings. The Balaban J connectivity index is 1.52. The first-order valence-electron chi connectivity index (χ1n) is 9.83. The van der Waals surface area contributed by atoms with Crippen molar-refractivity contribution in [2.75, 3.05) is 7.11 Å². The second-order valence-electron chi connectivity index (χ2n) is 7.29. The molecule has 1 aromatic heterocycles. The number of ketones is 1. The van der Waals surface area contributed by atoms with Gasteiger partial charge in [-0.2, -0.15) is 5.10 Å². The zero-order chi connectivity index (χ0) is 21.7. The summed E-state index contributed by atoms with van der Waals surface area (Å²) in [6.07, 6.45) is 0.106. The molecule has 0 atom stereocenters. The highest BCUT2D eigenvalue weighted by Gasteiger charge is 2.15. The third kappa shape index (κ3) is 5.14. The summed E-state index contributed by atoms with van der Waals surface area (Å²) in [5.41, 5.74) is 5.30. The van der Waals surface area contributed by atoms with Crippen molar-refractivity contribution < 1.29 is 19.1 Å². The van der Waals surface area contributed by atoms with Crippen LogP contribution < -0.4 is 4.74 Å². The Labute approximate surface area is 176 Å². The van der Waals surface area contributed by atoms with Crippen molar-refractivity contribution in [3.8, 4) is 11.4 Å². The molecule has 156 valence electrons. The zero-order valence-electron chi connectivity index (χ0n) is 17.8. The number of Topliss-reactive ketones (excluding diaryl/α,β-unsaturated/α-hetero) is 1. The Bertz CT molecular complexity index is 1050. The summed E-state index contributed by atoms with van der Waals surface area (Å²) >= 11 is 0. The molecular formula is C24H26N2O4. The average Bonchev–Trinajstić information content (AvgIpc) is 3.08. The fourth-order valence-corrected chi connectivity index (χ4v) is 3.25. The highest BCUT2D eigenvalue weighted by molar-refractivity contribution is 6.00. The largest absolute Gasteiger partial charge is 0.496 e. The Morgan fingerprint density at radius 1 is 0.967 bits per heavy atom. The van der Waals surface area contributed by atoms with E-state index in [0.29, 0.717) is 11.3 Å². The third-order valence-corrected chi connectivity index (χ3v) is 4.80. The summed E-state index contributed by atoms with van der Waals surface area (Å²) in [5.74, 6) is -0.0269. The Kier molecular flexibility index (Phi) is 6.67. The lowest BCUT2D eigenvalue weighted by Gasteiger charge is -2.09. The number of carbonyl (C=O) groups excluding carboxylic acids is 2. The van der Waals surface area contributed by atoms with Crippen molar-refractivity contribution >= 4 is 11.8 Å². The maximum atomic E-state index is 12.5. The minimum atomic E-state index is -0.405. The van der Waals surface area contributed by atoms with Gasteiger partial charge in [0.1, 0.15) is 12.4 Å². The second kappa shape index (κ2) is 9.39. The van der Waals surface area contributed by atoms with Crippen LogP contribution in [0.2, 0.25) is 0 Å². The fraction of sp³-hybridized carbons (Fsp3) is 0.292. The van der Waals surface area contributed by atoms with E-state index in [1.54, 1.807) is 12.1 Å². The first-order chi connectivity index (χ1) is 14.4. The Morgan fingerprint density at radius 2 is 1.70 bits per heavy atom. The molecule has 0 spiro atoms. The second-order valence-corrected chi connectivity index (χ2v) is 7.29. The number of hydrogen-bond acceptors (Lipinski definition) is 5. The van der Waals surface area contributed by atoms with Crippen molar-refractivity contribution in [1.82, 2.24) is 9.78 Å². The van der Waals surface area contributed by atoms with Crippen molar-refractivity contribution in [1.29, 1.82) is 0 Å². The predicted octanol–water partition coefficient (Wildman–Crippen LogP) is 4.51. The number of benzene rings is 2. The smallest absolute Gasteiger partial charge is 0.306 e. The van der Waals surface area contributed by atoms with E-state index in [-0.39, 0.29) is 25.2 Å². The lowest BCUT2D eigenvalue weighted by atomic mass is 10.0. The van der Waals surface area contributed by atoms with Gasteiger partial charge in [0.2, 0.25) is 0 Å². The number of methoxy groups -OCH3 is 1. The molecule has 0 fully saturated rings. The molecular weight excluding hydrogens is 380 g/mol. The summed E-state index contributed by atoms with van der Waals surface area (Å²) in [7, 11) is 1.52. The van der Waals surface area contributed by atoms with Crippen molar-refractivity contribution in [2.24, 2.45) is 0 Å². The molecule has 0 radical (unpaired) electrons. The van der Waals surface area contributed by atoms with E-state index in [0.717, 1.165) is 28.2 Å². The normalized spacial score (nSPS) is 10.7. The molecule has 0 amide bonds. The number of rotatable bonds is 8. The minimum absolute atomic E-state index is 0.0276. The molecule has 0 saturated carbocycles. The third-order valence-electron chi connectivity index (χ3n) is 4.80. The van der Waals surface area contributed by atoms with E-state index in [9.17, 15) is 9.59 Å². The summed E-state index contributed by atoms with van der Waals surface area (Å²) in [4.78, 5) is 24.6. The van der Waals surface area contributed by atoms with Gasteiger partial charge in [0.15, 0.2) is 5.78 Å². The summed E-state index contributed by atoms with van der Waals surface area (Å²) < 4.78 is 12.4. The van der Waals surface area contributed by atoms with Gasteiger partial charge in [-0.15, -0.1) is 0 Å². The van der Waals surface area contributed by atoms with Gasteiger partial charge in [0.05, 0.1) is 30.5 Å². The predicted molar refractivity (Wildman–Crippen MR) is 114 cm³/mol. The maximum absolute atomic E-state index is 12.5. The fourth-order valence-electron chi connectivity index (χ4n) is 3.25. The molecule has 0 bridgehead atoms. The van der Waals surface area contributed by atoms with Crippen LogP contribution in [0.4, 0.5) is 0 Å². The van der Waals surface area contributed by atoms with E-state index in [1.807, 2.05) is 61.9 Å².